The number of likely N-dealkylation sites (tertiary alicyclic amines) is 1. The third-order valence-corrected chi connectivity index (χ3v) is 5.04. The van der Waals surface area contributed by atoms with E-state index in [0.29, 0.717) is 18.2 Å². The maximum atomic E-state index is 12.2. The maximum Gasteiger partial charge on any atom is 0.573 e. The van der Waals surface area contributed by atoms with Crippen molar-refractivity contribution >= 4 is 29.9 Å². The van der Waals surface area contributed by atoms with Crippen LogP contribution in [0.3, 0.4) is 0 Å². The van der Waals surface area contributed by atoms with Crippen LogP contribution in [0, 0.1) is 0 Å². The fraction of sp³-hybridized carbons (Fsp3) is 0.650. The molecule has 2 unspecified atom stereocenters. The van der Waals surface area contributed by atoms with E-state index in [1.165, 1.54) is 24.3 Å². The Morgan fingerprint density at radius 1 is 1.27 bits per heavy atom. The molecule has 0 bridgehead atoms. The highest BCUT2D eigenvalue weighted by molar-refractivity contribution is 14.0. The Morgan fingerprint density at radius 3 is 2.43 bits per heavy atom. The Labute approximate surface area is 193 Å². The third-order valence-electron chi connectivity index (χ3n) is 5.04. The lowest BCUT2D eigenvalue weighted by atomic mass is 10.1. The van der Waals surface area contributed by atoms with Gasteiger partial charge in [0.05, 0.1) is 12.6 Å². The molecule has 1 aromatic carbocycles. The minimum absolute atomic E-state index is 0. The molecule has 2 atom stereocenters. The summed E-state index contributed by atoms with van der Waals surface area (Å²) in [5, 5.41) is 13.7. The summed E-state index contributed by atoms with van der Waals surface area (Å²) in [5.41, 5.74) is 0.488. The zero-order valence-corrected chi connectivity index (χ0v) is 20.0. The minimum atomic E-state index is -4.73. The van der Waals surface area contributed by atoms with Crippen molar-refractivity contribution in [3.05, 3.63) is 29.8 Å². The second-order valence-corrected chi connectivity index (χ2v) is 6.94. The predicted molar refractivity (Wildman–Crippen MR) is 122 cm³/mol. The number of likely N-dealkylation sites (N-methyl/N-ethyl adjacent to an activating group) is 1. The van der Waals surface area contributed by atoms with E-state index in [1.807, 2.05) is 6.92 Å². The largest absolute Gasteiger partial charge is 0.573 e. The molecule has 0 aromatic heterocycles. The van der Waals surface area contributed by atoms with E-state index in [4.69, 9.17) is 0 Å². The summed E-state index contributed by atoms with van der Waals surface area (Å²) < 4.78 is 40.6. The van der Waals surface area contributed by atoms with Crippen LogP contribution in [-0.2, 0) is 0 Å². The molecular weight excluding hydrogens is 512 g/mol. The van der Waals surface area contributed by atoms with Gasteiger partial charge in [-0.25, -0.2) is 0 Å². The Morgan fingerprint density at radius 2 is 1.90 bits per heavy atom. The van der Waals surface area contributed by atoms with Gasteiger partial charge in [-0.2, -0.15) is 0 Å². The van der Waals surface area contributed by atoms with Crippen molar-refractivity contribution in [2.45, 2.75) is 45.7 Å². The molecule has 0 spiro atoms. The fourth-order valence-electron chi connectivity index (χ4n) is 3.57. The van der Waals surface area contributed by atoms with Crippen LogP contribution in [0.2, 0.25) is 0 Å². The number of hydrogen-bond donors (Lipinski definition) is 2. The number of benzene rings is 1. The molecule has 1 saturated heterocycles. The van der Waals surface area contributed by atoms with E-state index < -0.39 is 12.5 Å². The van der Waals surface area contributed by atoms with Gasteiger partial charge in [-0.15, -0.1) is 37.1 Å². The summed E-state index contributed by atoms with van der Waals surface area (Å²) >= 11 is 0. The Kier molecular flexibility index (Phi) is 11.2. The monoisotopic (exact) mass is 544 g/mol. The standard InChI is InChI=1S/C20H31F3N4O2.HI/c1-4-24-19(27-12-11-16(14-27)26(5-2)6-3)25-13-18(28)15-7-9-17(10-8-15)29-20(21,22)23;/h7-10,16,18,28H,4-6,11-14H2,1-3H3,(H,24,25);1H. The van der Waals surface area contributed by atoms with Gasteiger partial charge in [0.25, 0.3) is 0 Å². The number of nitrogens with zero attached hydrogens (tertiary/aromatic N) is 3. The number of halogens is 4. The number of alkyl halides is 3. The summed E-state index contributed by atoms with van der Waals surface area (Å²) in [6, 6.07) is 5.70. The van der Waals surface area contributed by atoms with Crippen molar-refractivity contribution in [3.8, 4) is 5.75 Å². The van der Waals surface area contributed by atoms with Crippen LogP contribution in [-0.4, -0.2) is 72.5 Å². The molecule has 1 heterocycles. The Hall–Kier alpha value is -1.27. The van der Waals surface area contributed by atoms with Crippen molar-refractivity contribution in [3.63, 3.8) is 0 Å². The van der Waals surface area contributed by atoms with E-state index in [-0.39, 0.29) is 36.3 Å². The fourth-order valence-corrected chi connectivity index (χ4v) is 3.57. The van der Waals surface area contributed by atoms with Gasteiger partial charge < -0.3 is 20.1 Å². The van der Waals surface area contributed by atoms with Gasteiger partial charge in [0.2, 0.25) is 0 Å². The molecule has 0 amide bonds. The van der Waals surface area contributed by atoms with Crippen LogP contribution in [0.4, 0.5) is 13.2 Å². The molecule has 1 fully saturated rings. The second kappa shape index (κ2) is 12.6. The summed E-state index contributed by atoms with van der Waals surface area (Å²) in [7, 11) is 0. The minimum Gasteiger partial charge on any atom is -0.406 e. The van der Waals surface area contributed by atoms with E-state index in [0.717, 1.165) is 38.6 Å². The number of hydrogen-bond acceptors (Lipinski definition) is 4. The summed E-state index contributed by atoms with van der Waals surface area (Å²) in [5.74, 6) is 0.433. The first-order chi connectivity index (χ1) is 13.8. The average molecular weight is 544 g/mol. The molecular formula is C20H32F3IN4O2. The lowest BCUT2D eigenvalue weighted by molar-refractivity contribution is -0.274. The smallest absolute Gasteiger partial charge is 0.406 e. The van der Waals surface area contributed by atoms with Crippen molar-refractivity contribution < 1.29 is 23.0 Å². The number of aliphatic hydroxyl groups excluding tert-OH is 1. The third kappa shape index (κ3) is 8.10. The highest BCUT2D eigenvalue weighted by Gasteiger charge is 2.31. The molecule has 0 aliphatic carbocycles. The summed E-state index contributed by atoms with van der Waals surface area (Å²) in [4.78, 5) is 9.18. The lowest BCUT2D eigenvalue weighted by Crippen LogP contribution is -2.43. The molecule has 2 rings (SSSR count). The topological polar surface area (TPSA) is 60.3 Å². The van der Waals surface area contributed by atoms with E-state index in [1.54, 1.807) is 0 Å². The van der Waals surface area contributed by atoms with E-state index in [9.17, 15) is 18.3 Å². The van der Waals surface area contributed by atoms with Crippen LogP contribution < -0.4 is 10.1 Å². The first-order valence-corrected chi connectivity index (χ1v) is 10.1. The molecule has 10 heteroatoms. The molecule has 6 nitrogen and oxygen atoms in total. The van der Waals surface area contributed by atoms with Gasteiger partial charge in [-0.1, -0.05) is 26.0 Å². The lowest BCUT2D eigenvalue weighted by Gasteiger charge is -2.27. The SMILES string of the molecule is CCNC(=NCC(O)c1ccc(OC(F)(F)F)cc1)N1CCC(N(CC)CC)C1.I. The number of aliphatic imine (C=N–C) groups is 1. The van der Waals surface area contributed by atoms with Crippen LogP contribution in [0.25, 0.3) is 0 Å². The number of nitrogens with one attached hydrogen (secondary N) is 1. The molecule has 0 saturated carbocycles. The summed E-state index contributed by atoms with van der Waals surface area (Å²) in [6.45, 7) is 10.9. The summed E-state index contributed by atoms with van der Waals surface area (Å²) in [6.07, 6.45) is -4.58. The average Bonchev–Trinajstić information content (AvgIpc) is 3.15. The number of rotatable bonds is 8. The van der Waals surface area contributed by atoms with E-state index in [2.05, 4.69) is 38.7 Å². The van der Waals surface area contributed by atoms with Gasteiger partial charge in [0, 0.05) is 25.7 Å². The van der Waals surface area contributed by atoms with Crippen LogP contribution in [0.15, 0.2) is 29.3 Å². The van der Waals surface area contributed by atoms with Crippen molar-refractivity contribution in [1.82, 2.24) is 15.1 Å². The molecule has 0 radical (unpaired) electrons. The second-order valence-electron chi connectivity index (χ2n) is 6.94. The van der Waals surface area contributed by atoms with Crippen LogP contribution in [0.1, 0.15) is 38.9 Å². The van der Waals surface area contributed by atoms with Gasteiger partial charge >= 0.3 is 6.36 Å². The molecule has 1 aliphatic heterocycles. The number of ether oxygens (including phenoxy) is 1. The van der Waals surface area contributed by atoms with Crippen LogP contribution in [0.5, 0.6) is 5.75 Å². The van der Waals surface area contributed by atoms with Crippen molar-refractivity contribution in [2.24, 2.45) is 4.99 Å². The first kappa shape index (κ1) is 26.8. The van der Waals surface area contributed by atoms with Crippen LogP contribution >= 0.6 is 24.0 Å². The highest BCUT2D eigenvalue weighted by Crippen LogP contribution is 2.24. The predicted octanol–water partition coefficient (Wildman–Crippen LogP) is 3.62. The molecule has 2 N–H and O–H groups in total. The van der Waals surface area contributed by atoms with Crippen molar-refractivity contribution in [1.29, 1.82) is 0 Å². The number of guanidine groups is 1. The highest BCUT2D eigenvalue weighted by atomic mass is 127. The van der Waals surface area contributed by atoms with Gasteiger partial charge in [0.1, 0.15) is 5.75 Å². The Balaban J connectivity index is 0.00000450. The molecule has 1 aliphatic rings. The zero-order chi connectivity index (χ0) is 21.4. The normalized spacial score (nSPS) is 18.3. The zero-order valence-electron chi connectivity index (χ0n) is 17.7. The molecule has 30 heavy (non-hydrogen) atoms. The maximum absolute atomic E-state index is 12.2. The molecule has 1 aromatic rings. The van der Waals surface area contributed by atoms with E-state index >= 15 is 0 Å². The van der Waals surface area contributed by atoms with Crippen molar-refractivity contribution in [2.75, 3.05) is 39.3 Å². The Bertz CT molecular complexity index is 654. The first-order valence-electron chi connectivity index (χ1n) is 10.1. The van der Waals surface area contributed by atoms with Gasteiger partial charge in [0.15, 0.2) is 5.96 Å². The quantitative estimate of drug-likeness (QED) is 0.298. The van der Waals surface area contributed by atoms with Gasteiger partial charge in [-0.3, -0.25) is 9.89 Å². The molecule has 172 valence electrons. The number of aliphatic hydroxyl groups is 1. The van der Waals surface area contributed by atoms with Gasteiger partial charge in [-0.05, 0) is 44.1 Å².